The van der Waals surface area contributed by atoms with E-state index < -0.39 is 0 Å². The van der Waals surface area contributed by atoms with Gasteiger partial charge in [-0.15, -0.1) is 0 Å². The summed E-state index contributed by atoms with van der Waals surface area (Å²) in [5, 5.41) is 0. The molecule has 0 aromatic heterocycles. The van der Waals surface area contributed by atoms with Gasteiger partial charge in [-0.05, 0) is 61.1 Å². The molecule has 2 unspecified atom stereocenters. The molecule has 2 aromatic rings. The van der Waals surface area contributed by atoms with Crippen molar-refractivity contribution in [3.63, 3.8) is 0 Å². The van der Waals surface area contributed by atoms with E-state index in [1.165, 1.54) is 33.4 Å². The van der Waals surface area contributed by atoms with E-state index in [0.717, 1.165) is 37.6 Å². The first kappa shape index (κ1) is 22.2. The van der Waals surface area contributed by atoms with Crippen LogP contribution in [0.15, 0.2) is 24.3 Å². The summed E-state index contributed by atoms with van der Waals surface area (Å²) >= 11 is 0. The molecule has 2 atom stereocenters. The largest absolute Gasteiger partial charge is 0.493 e. The number of benzene rings is 2. The van der Waals surface area contributed by atoms with Crippen LogP contribution < -0.4 is 9.47 Å². The summed E-state index contributed by atoms with van der Waals surface area (Å²) in [7, 11) is 0. The summed E-state index contributed by atoms with van der Waals surface area (Å²) in [5.41, 5.74) is 7.25. The van der Waals surface area contributed by atoms with Gasteiger partial charge in [0, 0.05) is 18.3 Å². The Morgan fingerprint density at radius 2 is 1.03 bits per heavy atom. The van der Waals surface area contributed by atoms with Crippen LogP contribution in [-0.2, 0) is 14.9 Å². The first-order chi connectivity index (χ1) is 14.8. The van der Waals surface area contributed by atoms with Crippen molar-refractivity contribution in [3.8, 4) is 11.5 Å². The summed E-state index contributed by atoms with van der Waals surface area (Å²) in [5.74, 6) is 2.02. The van der Waals surface area contributed by atoms with Crippen LogP contribution in [0, 0.1) is 27.7 Å². The summed E-state index contributed by atoms with van der Waals surface area (Å²) < 4.78 is 22.8. The van der Waals surface area contributed by atoms with E-state index in [1.807, 2.05) is 0 Å². The molecule has 31 heavy (non-hydrogen) atoms. The average Bonchev–Trinajstić information content (AvgIpc) is 3.61. The highest BCUT2D eigenvalue weighted by Gasteiger charge is 2.27. The Kier molecular flexibility index (Phi) is 6.32. The van der Waals surface area contributed by atoms with Crippen molar-refractivity contribution in [2.45, 2.75) is 72.0 Å². The molecule has 0 N–H and O–H groups in total. The predicted octanol–water partition coefficient (Wildman–Crippen LogP) is 5.58. The van der Waals surface area contributed by atoms with Gasteiger partial charge in [0.15, 0.2) is 0 Å². The number of hydrogen-bond acceptors (Lipinski definition) is 4. The van der Waals surface area contributed by atoms with Crippen LogP contribution in [0.5, 0.6) is 11.5 Å². The Labute approximate surface area is 186 Å². The summed E-state index contributed by atoms with van der Waals surface area (Å²) in [6, 6.07) is 9.11. The Hall–Kier alpha value is -2.04. The summed E-state index contributed by atoms with van der Waals surface area (Å²) in [6.45, 7) is 16.4. The van der Waals surface area contributed by atoms with Crippen LogP contribution in [0.3, 0.4) is 0 Å². The zero-order valence-electron chi connectivity index (χ0n) is 19.8. The second kappa shape index (κ2) is 8.84. The van der Waals surface area contributed by atoms with Crippen LogP contribution in [0.4, 0.5) is 0 Å². The van der Waals surface area contributed by atoms with Crippen molar-refractivity contribution < 1.29 is 18.9 Å². The molecular formula is C27H36O4. The monoisotopic (exact) mass is 424 g/mol. The Morgan fingerprint density at radius 3 is 1.32 bits per heavy atom. The molecule has 2 heterocycles. The van der Waals surface area contributed by atoms with Crippen molar-refractivity contribution in [2.75, 3.05) is 26.4 Å². The number of ether oxygens (including phenoxy) is 4. The molecule has 168 valence electrons. The third-order valence-corrected chi connectivity index (χ3v) is 6.54. The molecule has 4 nitrogen and oxygen atoms in total. The van der Waals surface area contributed by atoms with Gasteiger partial charge in [-0.2, -0.15) is 0 Å². The molecular weight excluding hydrogens is 388 g/mol. The van der Waals surface area contributed by atoms with E-state index in [4.69, 9.17) is 18.9 Å². The second-order valence-corrected chi connectivity index (χ2v) is 9.69. The van der Waals surface area contributed by atoms with Crippen LogP contribution in [0.2, 0.25) is 0 Å². The van der Waals surface area contributed by atoms with Gasteiger partial charge in [-0.3, -0.25) is 0 Å². The van der Waals surface area contributed by atoms with Crippen molar-refractivity contribution in [3.05, 3.63) is 57.6 Å². The van der Waals surface area contributed by atoms with Gasteiger partial charge in [-0.25, -0.2) is 0 Å². The molecule has 2 fully saturated rings. The summed E-state index contributed by atoms with van der Waals surface area (Å²) in [6.07, 6.45) is 2.73. The quantitative estimate of drug-likeness (QED) is 0.467. The first-order valence-corrected chi connectivity index (χ1v) is 11.5. The highest BCUT2D eigenvalue weighted by atomic mass is 16.6. The van der Waals surface area contributed by atoms with Crippen LogP contribution >= 0.6 is 0 Å². The lowest BCUT2D eigenvalue weighted by Crippen LogP contribution is -2.20. The molecule has 4 rings (SSSR count). The molecule has 0 amide bonds. The minimum absolute atomic E-state index is 0.119. The topological polar surface area (TPSA) is 43.5 Å². The molecule has 0 radical (unpaired) electrons. The third kappa shape index (κ3) is 5.24. The molecule has 0 aliphatic carbocycles. The lowest BCUT2D eigenvalue weighted by atomic mass is 9.76. The van der Waals surface area contributed by atoms with E-state index >= 15 is 0 Å². The van der Waals surface area contributed by atoms with Gasteiger partial charge in [-0.1, -0.05) is 38.1 Å². The lowest BCUT2D eigenvalue weighted by molar-refractivity contribution is 0.280. The first-order valence-electron chi connectivity index (χ1n) is 11.5. The Bertz CT molecular complexity index is 817. The van der Waals surface area contributed by atoms with Crippen LogP contribution in [0.1, 0.15) is 60.1 Å². The zero-order chi connectivity index (χ0) is 22.2. The molecule has 2 aliphatic heterocycles. The lowest BCUT2D eigenvalue weighted by Gasteiger charge is -2.29. The minimum atomic E-state index is -0.119. The minimum Gasteiger partial charge on any atom is -0.493 e. The normalized spacial score (nSPS) is 19.9. The Morgan fingerprint density at radius 1 is 0.710 bits per heavy atom. The van der Waals surface area contributed by atoms with E-state index in [9.17, 15) is 0 Å². The molecule has 0 saturated carbocycles. The number of rotatable bonds is 10. The SMILES string of the molecule is Cc1cc(C(C)(C)c2cc(C)c(OCCC3CO3)c(C)c2)cc(C)c1OCCC1CO1. The van der Waals surface area contributed by atoms with E-state index in [0.29, 0.717) is 25.4 Å². The molecule has 0 bridgehead atoms. The van der Waals surface area contributed by atoms with Gasteiger partial charge >= 0.3 is 0 Å². The van der Waals surface area contributed by atoms with Crippen molar-refractivity contribution in [1.82, 2.24) is 0 Å². The fourth-order valence-corrected chi connectivity index (χ4v) is 4.30. The number of aryl methyl sites for hydroxylation is 4. The van der Waals surface area contributed by atoms with Crippen molar-refractivity contribution in [2.24, 2.45) is 0 Å². The van der Waals surface area contributed by atoms with Crippen LogP contribution in [0.25, 0.3) is 0 Å². The molecule has 0 spiro atoms. The highest BCUT2D eigenvalue weighted by Crippen LogP contribution is 2.38. The summed E-state index contributed by atoms with van der Waals surface area (Å²) in [4.78, 5) is 0. The fraction of sp³-hybridized carbons (Fsp3) is 0.556. The third-order valence-electron chi connectivity index (χ3n) is 6.54. The molecule has 4 heteroatoms. The standard InChI is InChI=1S/C27H36O4/c1-17-11-21(12-18(2)25(17)28-9-7-23-15-30-23)27(5,6)22-13-19(3)26(20(4)14-22)29-10-8-24-16-31-24/h11-14,23-24H,7-10,15-16H2,1-6H3. The maximum Gasteiger partial charge on any atom is 0.125 e. The second-order valence-electron chi connectivity index (χ2n) is 9.69. The van der Waals surface area contributed by atoms with Gasteiger partial charge in [0.2, 0.25) is 0 Å². The van der Waals surface area contributed by atoms with Crippen molar-refractivity contribution >= 4 is 0 Å². The van der Waals surface area contributed by atoms with E-state index in [-0.39, 0.29) is 5.41 Å². The fourth-order valence-electron chi connectivity index (χ4n) is 4.30. The molecule has 2 saturated heterocycles. The van der Waals surface area contributed by atoms with Gasteiger partial charge in [0.1, 0.15) is 11.5 Å². The average molecular weight is 425 g/mol. The van der Waals surface area contributed by atoms with Gasteiger partial charge in [0.05, 0.1) is 38.6 Å². The van der Waals surface area contributed by atoms with Gasteiger partial charge < -0.3 is 18.9 Å². The maximum absolute atomic E-state index is 6.10. The number of epoxide rings is 2. The van der Waals surface area contributed by atoms with E-state index in [1.54, 1.807) is 0 Å². The van der Waals surface area contributed by atoms with Crippen LogP contribution in [-0.4, -0.2) is 38.6 Å². The predicted molar refractivity (Wildman–Crippen MR) is 124 cm³/mol. The molecule has 2 aliphatic rings. The zero-order valence-corrected chi connectivity index (χ0v) is 19.8. The van der Waals surface area contributed by atoms with Crippen molar-refractivity contribution in [1.29, 1.82) is 0 Å². The van der Waals surface area contributed by atoms with E-state index in [2.05, 4.69) is 65.8 Å². The number of hydrogen-bond donors (Lipinski definition) is 0. The maximum atomic E-state index is 6.10. The highest BCUT2D eigenvalue weighted by molar-refractivity contribution is 5.52. The Balaban J connectivity index is 1.52. The smallest absolute Gasteiger partial charge is 0.125 e. The molecule has 2 aromatic carbocycles. The van der Waals surface area contributed by atoms with Gasteiger partial charge in [0.25, 0.3) is 0 Å².